The van der Waals surface area contributed by atoms with Gasteiger partial charge in [-0.2, -0.15) is 0 Å². The Morgan fingerprint density at radius 2 is 0.833 bits per heavy atom. The van der Waals surface area contributed by atoms with Gasteiger partial charge in [0.25, 0.3) is 0 Å². The Balaban J connectivity index is 0. The van der Waals surface area contributed by atoms with Gasteiger partial charge < -0.3 is 17.7 Å². The summed E-state index contributed by atoms with van der Waals surface area (Å²) >= 11 is 0. The highest BCUT2D eigenvalue weighted by molar-refractivity contribution is 6.53. The van der Waals surface area contributed by atoms with Crippen LogP contribution in [0.3, 0.4) is 0 Å². The van der Waals surface area contributed by atoms with E-state index in [2.05, 4.69) is 26.3 Å². The maximum Gasteiger partial charge on any atom is 0.680 e. The number of rotatable bonds is 12. The highest BCUT2D eigenvalue weighted by Gasteiger charge is 2.45. The third kappa shape index (κ3) is 8.34. The molecular weight excluding hydrogens is 264 g/mol. The third-order valence-electron chi connectivity index (χ3n) is 1.51. The maximum atomic E-state index is 5.50. The van der Waals surface area contributed by atoms with E-state index in [4.69, 9.17) is 17.7 Å². The van der Waals surface area contributed by atoms with Crippen molar-refractivity contribution < 1.29 is 17.7 Å². The topological polar surface area (TPSA) is 36.9 Å². The molecule has 0 saturated heterocycles. The van der Waals surface area contributed by atoms with Crippen molar-refractivity contribution in [3.05, 3.63) is 50.6 Å². The zero-order chi connectivity index (χ0) is 13.0. The van der Waals surface area contributed by atoms with Gasteiger partial charge in [-0.25, -0.2) is 0 Å². The van der Waals surface area contributed by atoms with Gasteiger partial charge in [0.2, 0.25) is 0 Å². The fourth-order valence-electron chi connectivity index (χ4n) is 0.894. The van der Waals surface area contributed by atoms with Gasteiger partial charge in [0.1, 0.15) is 0 Å². The summed E-state index contributed by atoms with van der Waals surface area (Å²) in [6.07, 6.45) is 6.42. The highest BCUT2D eigenvalue weighted by atomic mass is 28.4. The second kappa shape index (κ2) is 12.7. The first-order valence-corrected chi connectivity index (χ1v) is 6.87. The van der Waals surface area contributed by atoms with Gasteiger partial charge >= 0.3 is 9.05 Å². The van der Waals surface area contributed by atoms with Gasteiger partial charge in [-0.1, -0.05) is 24.3 Å². The molecule has 0 heterocycles. The molecule has 0 spiro atoms. The lowest BCUT2D eigenvalue weighted by molar-refractivity contribution is -0.0117. The Labute approximate surface area is 115 Å². The van der Waals surface area contributed by atoms with Crippen molar-refractivity contribution >= 4 is 20.0 Å². The molecular formula is C12H20O4Si2. The molecule has 0 aromatic carbocycles. The lowest BCUT2D eigenvalue weighted by atomic mass is 10.7. The van der Waals surface area contributed by atoms with Crippen LogP contribution in [0.25, 0.3) is 0 Å². The van der Waals surface area contributed by atoms with Crippen LogP contribution in [-0.2, 0) is 17.7 Å². The van der Waals surface area contributed by atoms with E-state index in [-0.39, 0.29) is 37.4 Å². The summed E-state index contributed by atoms with van der Waals surface area (Å²) in [7, 11) is -3.16. The van der Waals surface area contributed by atoms with Crippen molar-refractivity contribution in [2.45, 2.75) is 0 Å². The fourth-order valence-corrected chi connectivity index (χ4v) is 2.68. The fraction of sp³-hybridized carbons (Fsp3) is 0.333. The minimum Gasteiger partial charge on any atom is -0.347 e. The molecule has 0 rings (SSSR count). The van der Waals surface area contributed by atoms with Crippen LogP contribution in [0, 0.1) is 0 Å². The summed E-state index contributed by atoms with van der Waals surface area (Å²) in [4.78, 5) is 0. The minimum atomic E-state index is -3.16. The highest BCUT2D eigenvalue weighted by Crippen LogP contribution is 2.12. The van der Waals surface area contributed by atoms with Crippen molar-refractivity contribution in [3.8, 4) is 0 Å². The Morgan fingerprint density at radius 1 is 0.611 bits per heavy atom. The molecule has 0 atom stereocenters. The monoisotopic (exact) mass is 284 g/mol. The standard InChI is InChI=1S/C12H20O4Si.Si/c1-5-9-13-17(14-10-6-2,15-11-7-3)16-12-8-4;/h5-8H,1-4,9-12H2;. The molecule has 0 aliphatic heterocycles. The first kappa shape index (κ1) is 19.6. The normalized spacial score (nSPS) is 10.2. The van der Waals surface area contributed by atoms with Gasteiger partial charge in [0.15, 0.2) is 0 Å². The first-order valence-electron chi connectivity index (χ1n) is 5.24. The SMILES string of the molecule is C=CCO[Si](OCC=C)(OCC=C)OCC=C.[Si]. The average molecular weight is 284 g/mol. The lowest BCUT2D eigenvalue weighted by Gasteiger charge is -2.26. The summed E-state index contributed by atoms with van der Waals surface area (Å²) in [5, 5.41) is 0. The molecule has 0 bridgehead atoms. The molecule has 6 heteroatoms. The predicted molar refractivity (Wildman–Crippen MR) is 76.1 cm³/mol. The van der Waals surface area contributed by atoms with Gasteiger partial charge in [0.05, 0.1) is 26.4 Å². The Bertz CT molecular complexity index is 203. The summed E-state index contributed by atoms with van der Waals surface area (Å²) in [6, 6.07) is 0. The summed E-state index contributed by atoms with van der Waals surface area (Å²) in [5.74, 6) is 0. The molecule has 0 unspecified atom stereocenters. The molecule has 18 heavy (non-hydrogen) atoms. The van der Waals surface area contributed by atoms with E-state index in [1.807, 2.05) is 0 Å². The molecule has 0 N–H and O–H groups in total. The molecule has 0 aliphatic carbocycles. The smallest absolute Gasteiger partial charge is 0.347 e. The predicted octanol–water partition coefficient (Wildman–Crippen LogP) is 1.85. The first-order chi connectivity index (χ1) is 8.24. The van der Waals surface area contributed by atoms with Crippen LogP contribution < -0.4 is 0 Å². The van der Waals surface area contributed by atoms with Crippen LogP contribution in [0.2, 0.25) is 0 Å². The van der Waals surface area contributed by atoms with E-state index in [1.165, 1.54) is 0 Å². The van der Waals surface area contributed by atoms with Crippen LogP contribution in [0.15, 0.2) is 50.6 Å². The molecule has 4 nitrogen and oxygen atoms in total. The summed E-state index contributed by atoms with van der Waals surface area (Å²) < 4.78 is 22.0. The van der Waals surface area contributed by atoms with Crippen molar-refractivity contribution in [3.63, 3.8) is 0 Å². The van der Waals surface area contributed by atoms with Gasteiger partial charge in [-0.3, -0.25) is 0 Å². The summed E-state index contributed by atoms with van der Waals surface area (Å²) in [5.41, 5.74) is 0. The van der Waals surface area contributed by atoms with E-state index in [0.717, 1.165) is 0 Å². The van der Waals surface area contributed by atoms with Crippen molar-refractivity contribution in [2.75, 3.05) is 26.4 Å². The maximum absolute atomic E-state index is 5.50. The molecule has 0 saturated carbocycles. The van der Waals surface area contributed by atoms with Gasteiger partial charge in [0, 0.05) is 11.0 Å². The van der Waals surface area contributed by atoms with E-state index >= 15 is 0 Å². The molecule has 100 valence electrons. The van der Waals surface area contributed by atoms with Crippen molar-refractivity contribution in [1.29, 1.82) is 0 Å². The average Bonchev–Trinajstić information content (AvgIpc) is 2.37. The quantitative estimate of drug-likeness (QED) is 0.405. The van der Waals surface area contributed by atoms with E-state index in [9.17, 15) is 0 Å². The van der Waals surface area contributed by atoms with Crippen LogP contribution in [0.4, 0.5) is 0 Å². The Kier molecular flexibility index (Phi) is 13.8. The zero-order valence-corrected chi connectivity index (χ0v) is 12.6. The second-order valence-electron chi connectivity index (χ2n) is 2.90. The van der Waals surface area contributed by atoms with Gasteiger partial charge in [-0.15, -0.1) is 26.3 Å². The van der Waals surface area contributed by atoms with E-state index in [0.29, 0.717) is 0 Å². The molecule has 0 amide bonds. The zero-order valence-electron chi connectivity index (χ0n) is 10.6. The van der Waals surface area contributed by atoms with Crippen LogP contribution >= 0.6 is 0 Å². The minimum absolute atomic E-state index is 0. The molecule has 0 aromatic heterocycles. The van der Waals surface area contributed by atoms with E-state index < -0.39 is 9.05 Å². The van der Waals surface area contributed by atoms with Gasteiger partial charge in [-0.05, 0) is 0 Å². The molecule has 0 fully saturated rings. The van der Waals surface area contributed by atoms with Crippen LogP contribution in [0.1, 0.15) is 0 Å². The molecule has 0 aliphatic rings. The van der Waals surface area contributed by atoms with Crippen LogP contribution in [-0.4, -0.2) is 46.4 Å². The Morgan fingerprint density at radius 3 is 1.00 bits per heavy atom. The van der Waals surface area contributed by atoms with E-state index in [1.54, 1.807) is 24.3 Å². The van der Waals surface area contributed by atoms with Crippen LogP contribution in [0.5, 0.6) is 0 Å². The Hall–Kier alpha value is -0.766. The molecule has 4 radical (unpaired) electrons. The lowest BCUT2D eigenvalue weighted by Crippen LogP contribution is -2.49. The molecule has 0 aromatic rings. The van der Waals surface area contributed by atoms with Crippen molar-refractivity contribution in [2.24, 2.45) is 0 Å². The summed E-state index contributed by atoms with van der Waals surface area (Å²) in [6.45, 7) is 15.5. The number of hydrogen-bond donors (Lipinski definition) is 0. The van der Waals surface area contributed by atoms with Crippen molar-refractivity contribution in [1.82, 2.24) is 0 Å². The largest absolute Gasteiger partial charge is 0.680 e. The second-order valence-corrected chi connectivity index (χ2v) is 5.05. The number of hydrogen-bond acceptors (Lipinski definition) is 4. The third-order valence-corrected chi connectivity index (χ3v) is 3.59.